The SMILES string of the molecule is COC(=O)C1(C(=O)OC)[C@@H](c2ccccc2)CC(=O)N1S(=O)(=O)c1ccc(C)cc1. The molecule has 0 aromatic heterocycles. The highest BCUT2D eigenvalue weighted by molar-refractivity contribution is 7.89. The van der Waals surface area contributed by atoms with Gasteiger partial charge < -0.3 is 9.47 Å². The smallest absolute Gasteiger partial charge is 0.345 e. The zero-order valence-electron chi connectivity index (χ0n) is 16.7. The number of aryl methyl sites for hydroxylation is 1. The molecule has 2 aromatic carbocycles. The Labute approximate surface area is 174 Å². The van der Waals surface area contributed by atoms with E-state index in [1.807, 2.05) is 0 Å². The number of ether oxygens (including phenoxy) is 2. The average molecular weight is 431 g/mol. The van der Waals surface area contributed by atoms with Crippen LogP contribution in [0, 0.1) is 6.92 Å². The zero-order chi connectivity index (χ0) is 22.1. The molecule has 0 spiro atoms. The van der Waals surface area contributed by atoms with Gasteiger partial charge in [0.15, 0.2) is 0 Å². The van der Waals surface area contributed by atoms with Gasteiger partial charge in [-0.2, -0.15) is 0 Å². The normalized spacial score (nSPS) is 18.2. The maximum atomic E-state index is 13.5. The van der Waals surface area contributed by atoms with E-state index in [4.69, 9.17) is 9.47 Å². The summed E-state index contributed by atoms with van der Waals surface area (Å²) >= 11 is 0. The molecule has 0 N–H and O–H groups in total. The van der Waals surface area contributed by atoms with Crippen molar-refractivity contribution in [1.29, 1.82) is 0 Å². The van der Waals surface area contributed by atoms with Gasteiger partial charge in [0.25, 0.3) is 15.6 Å². The van der Waals surface area contributed by atoms with Gasteiger partial charge in [-0.25, -0.2) is 22.3 Å². The van der Waals surface area contributed by atoms with Crippen molar-refractivity contribution in [3.63, 3.8) is 0 Å². The van der Waals surface area contributed by atoms with Crippen molar-refractivity contribution in [2.75, 3.05) is 14.2 Å². The molecule has 1 atom stereocenters. The summed E-state index contributed by atoms with van der Waals surface area (Å²) in [5, 5.41) is 0. The fraction of sp³-hybridized carbons (Fsp3) is 0.286. The highest BCUT2D eigenvalue weighted by Gasteiger charge is 2.69. The molecular formula is C21H21NO7S. The lowest BCUT2D eigenvalue weighted by atomic mass is 9.80. The van der Waals surface area contributed by atoms with E-state index in [0.29, 0.717) is 9.87 Å². The number of carbonyl (C=O) groups is 3. The van der Waals surface area contributed by atoms with Gasteiger partial charge in [0.2, 0.25) is 5.91 Å². The molecule has 8 nitrogen and oxygen atoms in total. The first kappa shape index (κ1) is 21.5. The van der Waals surface area contributed by atoms with E-state index in [1.165, 1.54) is 12.1 Å². The molecule has 0 radical (unpaired) electrons. The lowest BCUT2D eigenvalue weighted by Crippen LogP contribution is -2.62. The van der Waals surface area contributed by atoms with Crippen LogP contribution in [0.4, 0.5) is 0 Å². The third-order valence-corrected chi connectivity index (χ3v) is 7.02. The maximum absolute atomic E-state index is 13.5. The molecule has 0 unspecified atom stereocenters. The van der Waals surface area contributed by atoms with Gasteiger partial charge in [-0.3, -0.25) is 4.79 Å². The standard InChI is InChI=1S/C21H21NO7S/c1-14-9-11-16(12-10-14)30(26,27)22-18(23)13-17(15-7-5-4-6-8-15)21(22,19(24)28-2)20(25)29-3/h4-12,17H,13H2,1-3H3/t17-/m1/s1. The molecule has 1 saturated heterocycles. The van der Waals surface area contributed by atoms with E-state index in [1.54, 1.807) is 49.4 Å². The molecule has 0 aliphatic carbocycles. The lowest BCUT2D eigenvalue weighted by Gasteiger charge is -2.36. The molecule has 0 saturated carbocycles. The van der Waals surface area contributed by atoms with Crippen molar-refractivity contribution in [2.24, 2.45) is 0 Å². The maximum Gasteiger partial charge on any atom is 0.345 e. The Kier molecular flexibility index (Phi) is 5.67. The molecular weight excluding hydrogens is 410 g/mol. The minimum Gasteiger partial charge on any atom is -0.467 e. The van der Waals surface area contributed by atoms with Crippen LogP contribution in [0.2, 0.25) is 0 Å². The van der Waals surface area contributed by atoms with Crippen molar-refractivity contribution < 1.29 is 32.3 Å². The first-order valence-electron chi connectivity index (χ1n) is 9.08. The van der Waals surface area contributed by atoms with Crippen LogP contribution in [0.5, 0.6) is 0 Å². The summed E-state index contributed by atoms with van der Waals surface area (Å²) < 4.78 is 37.0. The Morgan fingerprint density at radius 2 is 1.50 bits per heavy atom. The number of hydrogen-bond donors (Lipinski definition) is 0. The summed E-state index contributed by atoms with van der Waals surface area (Å²) in [6, 6.07) is 14.0. The number of rotatable bonds is 5. The number of carbonyl (C=O) groups excluding carboxylic acids is 3. The molecule has 9 heteroatoms. The van der Waals surface area contributed by atoms with E-state index in [2.05, 4.69) is 0 Å². The van der Waals surface area contributed by atoms with E-state index in [9.17, 15) is 22.8 Å². The predicted molar refractivity (Wildman–Crippen MR) is 106 cm³/mol. The number of methoxy groups -OCH3 is 2. The van der Waals surface area contributed by atoms with Gasteiger partial charge >= 0.3 is 11.9 Å². The Morgan fingerprint density at radius 1 is 0.967 bits per heavy atom. The molecule has 158 valence electrons. The number of sulfonamides is 1. The fourth-order valence-corrected chi connectivity index (χ4v) is 5.46. The van der Waals surface area contributed by atoms with E-state index < -0.39 is 39.3 Å². The second-order valence-corrected chi connectivity index (χ2v) is 8.68. The van der Waals surface area contributed by atoms with Gasteiger partial charge in [-0.05, 0) is 24.6 Å². The van der Waals surface area contributed by atoms with Gasteiger partial charge in [0.05, 0.1) is 19.1 Å². The van der Waals surface area contributed by atoms with E-state index in [-0.39, 0.29) is 11.3 Å². The second-order valence-electron chi connectivity index (χ2n) is 6.89. The number of esters is 2. The van der Waals surface area contributed by atoms with Gasteiger partial charge in [0.1, 0.15) is 0 Å². The fourth-order valence-electron chi connectivity index (χ4n) is 3.77. The molecule has 1 heterocycles. The van der Waals surface area contributed by atoms with E-state index in [0.717, 1.165) is 19.8 Å². The van der Waals surface area contributed by atoms with Crippen molar-refractivity contribution in [2.45, 2.75) is 29.7 Å². The second kappa shape index (κ2) is 7.91. The predicted octanol–water partition coefficient (Wildman–Crippen LogP) is 1.78. The lowest BCUT2D eigenvalue weighted by molar-refractivity contribution is -0.169. The Balaban J connectivity index is 2.31. The zero-order valence-corrected chi connectivity index (χ0v) is 17.5. The monoisotopic (exact) mass is 431 g/mol. The summed E-state index contributed by atoms with van der Waals surface area (Å²) in [5.41, 5.74) is -1.29. The molecule has 2 aromatic rings. The third-order valence-electron chi connectivity index (χ3n) is 5.18. The molecule has 0 bridgehead atoms. The molecule has 1 aliphatic heterocycles. The van der Waals surface area contributed by atoms with Crippen molar-refractivity contribution in [3.8, 4) is 0 Å². The molecule has 3 rings (SSSR count). The van der Waals surface area contributed by atoms with Crippen LogP contribution in [-0.2, 0) is 33.9 Å². The van der Waals surface area contributed by atoms with Crippen LogP contribution in [0.25, 0.3) is 0 Å². The number of nitrogens with zero attached hydrogens (tertiary/aromatic N) is 1. The molecule has 30 heavy (non-hydrogen) atoms. The van der Waals surface area contributed by atoms with Crippen LogP contribution in [0.15, 0.2) is 59.5 Å². The Hall–Kier alpha value is -3.20. The highest BCUT2D eigenvalue weighted by Crippen LogP contribution is 2.47. The quantitative estimate of drug-likeness (QED) is 0.525. The highest BCUT2D eigenvalue weighted by atomic mass is 32.2. The summed E-state index contributed by atoms with van der Waals surface area (Å²) in [5.74, 6) is -4.40. The van der Waals surface area contributed by atoms with Gasteiger partial charge in [0, 0.05) is 12.3 Å². The number of hydrogen-bond acceptors (Lipinski definition) is 7. The molecule has 1 aliphatic rings. The summed E-state index contributed by atoms with van der Waals surface area (Å²) in [6.45, 7) is 1.77. The summed E-state index contributed by atoms with van der Waals surface area (Å²) in [4.78, 5) is 38.9. The van der Waals surface area contributed by atoms with Crippen molar-refractivity contribution in [3.05, 3.63) is 65.7 Å². The van der Waals surface area contributed by atoms with Crippen LogP contribution >= 0.6 is 0 Å². The Bertz CT molecular complexity index is 1060. The van der Waals surface area contributed by atoms with Crippen molar-refractivity contribution >= 4 is 27.9 Å². The first-order valence-corrected chi connectivity index (χ1v) is 10.5. The number of amides is 1. The topological polar surface area (TPSA) is 107 Å². The largest absolute Gasteiger partial charge is 0.467 e. The minimum atomic E-state index is -4.58. The van der Waals surface area contributed by atoms with Crippen LogP contribution in [0.3, 0.4) is 0 Å². The molecule has 1 amide bonds. The van der Waals surface area contributed by atoms with Gasteiger partial charge in [-0.1, -0.05) is 48.0 Å². The number of benzene rings is 2. The average Bonchev–Trinajstić information content (AvgIpc) is 3.08. The van der Waals surface area contributed by atoms with E-state index >= 15 is 0 Å². The van der Waals surface area contributed by atoms with Crippen LogP contribution in [0.1, 0.15) is 23.5 Å². The Morgan fingerprint density at radius 3 is 2.00 bits per heavy atom. The van der Waals surface area contributed by atoms with Crippen molar-refractivity contribution in [1.82, 2.24) is 4.31 Å². The summed E-state index contributed by atoms with van der Waals surface area (Å²) in [7, 11) is -2.54. The molecule has 1 fully saturated rings. The minimum absolute atomic E-state index is 0.229. The van der Waals surface area contributed by atoms with Crippen LogP contribution in [-0.4, -0.2) is 50.3 Å². The van der Waals surface area contributed by atoms with Crippen LogP contribution < -0.4 is 0 Å². The first-order chi connectivity index (χ1) is 14.2. The third kappa shape index (κ3) is 3.15. The summed E-state index contributed by atoms with van der Waals surface area (Å²) in [6.07, 6.45) is -0.390. The van der Waals surface area contributed by atoms with Gasteiger partial charge in [-0.15, -0.1) is 0 Å².